The van der Waals surface area contributed by atoms with E-state index in [9.17, 15) is 0 Å². The number of nitrogens with two attached hydrogens (primary N) is 1. The van der Waals surface area contributed by atoms with Crippen molar-refractivity contribution in [1.29, 1.82) is 0 Å². The molecule has 1 aliphatic rings. The Labute approximate surface area is 173 Å². The van der Waals surface area contributed by atoms with Crippen molar-refractivity contribution in [3.05, 3.63) is 64.2 Å². The molecule has 0 amide bonds. The number of nitrogens with zero attached hydrogens (tertiary/aromatic N) is 2. The third-order valence-electron chi connectivity index (χ3n) is 4.94. The maximum absolute atomic E-state index is 6.49. The van der Waals surface area contributed by atoms with Crippen molar-refractivity contribution in [3.8, 4) is 0 Å². The molecular formula is C24H31N3S. The molecule has 4 heteroatoms. The lowest BCUT2D eigenvalue weighted by molar-refractivity contribution is 0.463. The van der Waals surface area contributed by atoms with Gasteiger partial charge >= 0.3 is 0 Å². The Hall–Kier alpha value is -2.20. The summed E-state index contributed by atoms with van der Waals surface area (Å²) in [6.45, 7) is 12.1. The van der Waals surface area contributed by atoms with E-state index < -0.39 is 0 Å². The first kappa shape index (κ1) is 20.5. The molecule has 2 aromatic rings. The van der Waals surface area contributed by atoms with Crippen LogP contribution in [0.5, 0.6) is 0 Å². The summed E-state index contributed by atoms with van der Waals surface area (Å²) in [5.74, 6) is 0.587. The molecule has 3 rings (SSSR count). The van der Waals surface area contributed by atoms with Gasteiger partial charge in [-0.15, -0.1) is 0 Å². The summed E-state index contributed by atoms with van der Waals surface area (Å²) in [5.41, 5.74) is 8.58. The van der Waals surface area contributed by atoms with Crippen molar-refractivity contribution in [1.82, 2.24) is 4.90 Å². The van der Waals surface area contributed by atoms with Gasteiger partial charge in [0.2, 0.25) is 0 Å². The van der Waals surface area contributed by atoms with Crippen LogP contribution in [0.1, 0.15) is 47.5 Å². The molecule has 0 aliphatic carbocycles. The first-order valence-electron chi connectivity index (χ1n) is 10.0. The van der Waals surface area contributed by atoms with Crippen LogP contribution in [0.2, 0.25) is 0 Å². The predicted octanol–water partition coefficient (Wildman–Crippen LogP) is 6.80. The second kappa shape index (κ2) is 8.44. The molecule has 1 heterocycles. The average molecular weight is 394 g/mol. The van der Waals surface area contributed by atoms with E-state index >= 15 is 0 Å². The highest BCUT2D eigenvalue weighted by Crippen LogP contribution is 2.46. The molecule has 1 aliphatic heterocycles. The number of allylic oxidation sites excluding steroid dienone is 1. The molecule has 0 aromatic heterocycles. The zero-order valence-corrected chi connectivity index (χ0v) is 18.4. The van der Waals surface area contributed by atoms with E-state index in [1.165, 1.54) is 21.7 Å². The van der Waals surface area contributed by atoms with Crippen LogP contribution in [0.25, 0.3) is 10.8 Å². The van der Waals surface area contributed by atoms with Crippen LogP contribution < -0.4 is 5.73 Å². The first-order valence-corrected chi connectivity index (χ1v) is 10.8. The Bertz CT molecular complexity index is 942. The number of unbranched alkanes of at least 4 members (excludes halogenated alkanes) is 1. The predicted molar refractivity (Wildman–Crippen MR) is 125 cm³/mol. The summed E-state index contributed by atoms with van der Waals surface area (Å²) < 4.78 is 0. The monoisotopic (exact) mass is 393 g/mol. The van der Waals surface area contributed by atoms with Crippen LogP contribution in [-0.4, -0.2) is 17.3 Å². The smallest absolute Gasteiger partial charge is 0.129 e. The highest BCUT2D eigenvalue weighted by atomic mass is 32.2. The number of aliphatic imine (C=N–C) groups is 1. The van der Waals surface area contributed by atoms with Gasteiger partial charge in [0.25, 0.3) is 0 Å². The second-order valence-corrected chi connectivity index (χ2v) is 9.35. The Morgan fingerprint density at radius 2 is 1.82 bits per heavy atom. The molecule has 0 spiro atoms. The fraction of sp³-hybridized carbons (Fsp3) is 0.375. The van der Waals surface area contributed by atoms with Gasteiger partial charge in [0.05, 0.1) is 10.7 Å². The number of fused-ring (bicyclic) bond motifs is 1. The van der Waals surface area contributed by atoms with Crippen molar-refractivity contribution < 1.29 is 0 Å². The van der Waals surface area contributed by atoms with Gasteiger partial charge in [-0.2, -0.15) is 0 Å². The lowest BCUT2D eigenvalue weighted by atomic mass is 9.96. The van der Waals surface area contributed by atoms with Crippen LogP contribution in [0.3, 0.4) is 0 Å². The quantitative estimate of drug-likeness (QED) is 0.449. The number of rotatable bonds is 5. The highest BCUT2D eigenvalue weighted by molar-refractivity contribution is 8.07. The maximum Gasteiger partial charge on any atom is 0.129 e. The standard InChI is InChI=1S/C24H31N3S/c1-6-7-15-27-16-21(24(3,4)5)28-23(27)17(2)22(25)26-20-14-10-12-18-11-8-9-13-19(18)20/h8-14,16H,6-7,15H2,1-5H3,(H2,25,26). The van der Waals surface area contributed by atoms with Crippen molar-refractivity contribution >= 4 is 34.1 Å². The topological polar surface area (TPSA) is 41.6 Å². The third kappa shape index (κ3) is 4.44. The maximum atomic E-state index is 6.49. The molecule has 2 N–H and O–H groups in total. The van der Waals surface area contributed by atoms with E-state index in [1.807, 2.05) is 36.0 Å². The summed E-state index contributed by atoms with van der Waals surface area (Å²) in [6, 6.07) is 14.5. The van der Waals surface area contributed by atoms with Gasteiger partial charge in [-0.05, 0) is 30.2 Å². The van der Waals surface area contributed by atoms with Crippen LogP contribution in [-0.2, 0) is 0 Å². The summed E-state index contributed by atoms with van der Waals surface area (Å²) >= 11 is 1.83. The summed E-state index contributed by atoms with van der Waals surface area (Å²) in [7, 11) is 0. The minimum atomic E-state index is 0.124. The van der Waals surface area contributed by atoms with Crippen molar-refractivity contribution in [3.63, 3.8) is 0 Å². The van der Waals surface area contributed by atoms with E-state index in [0.29, 0.717) is 5.84 Å². The average Bonchev–Trinajstić information content (AvgIpc) is 3.10. The van der Waals surface area contributed by atoms with E-state index in [-0.39, 0.29) is 5.41 Å². The van der Waals surface area contributed by atoms with Crippen molar-refractivity contribution in [2.75, 3.05) is 6.54 Å². The second-order valence-electron chi connectivity index (χ2n) is 8.32. The Balaban J connectivity index is 1.98. The number of hydrogen-bond acceptors (Lipinski definition) is 3. The fourth-order valence-electron chi connectivity index (χ4n) is 3.15. The SMILES string of the molecule is CCCCN1C=C(C(C)(C)C)SC1=C(C)C(N)=Nc1cccc2ccccc12. The van der Waals surface area contributed by atoms with Crippen LogP contribution in [0.4, 0.5) is 5.69 Å². The number of benzene rings is 2. The first-order chi connectivity index (χ1) is 13.3. The van der Waals surface area contributed by atoms with E-state index in [0.717, 1.165) is 29.6 Å². The van der Waals surface area contributed by atoms with Gasteiger partial charge in [-0.25, -0.2) is 4.99 Å². The Morgan fingerprint density at radius 1 is 1.11 bits per heavy atom. The minimum absolute atomic E-state index is 0.124. The van der Waals surface area contributed by atoms with Gasteiger partial charge in [0.1, 0.15) is 5.84 Å². The minimum Gasteiger partial charge on any atom is -0.383 e. The Morgan fingerprint density at radius 3 is 2.54 bits per heavy atom. The molecule has 0 atom stereocenters. The molecule has 28 heavy (non-hydrogen) atoms. The number of hydrogen-bond donors (Lipinski definition) is 1. The number of thioether (sulfide) groups is 1. The molecule has 3 nitrogen and oxygen atoms in total. The van der Waals surface area contributed by atoms with Gasteiger partial charge in [0, 0.05) is 28.6 Å². The normalized spacial score (nSPS) is 17.2. The lowest BCUT2D eigenvalue weighted by Gasteiger charge is -2.20. The fourth-order valence-corrected chi connectivity index (χ4v) is 4.36. The van der Waals surface area contributed by atoms with Crippen molar-refractivity contribution in [2.45, 2.75) is 47.5 Å². The molecule has 0 bridgehead atoms. The molecule has 0 unspecified atom stereocenters. The summed E-state index contributed by atoms with van der Waals surface area (Å²) in [6.07, 6.45) is 4.63. The van der Waals surface area contributed by atoms with Gasteiger partial charge in [0.15, 0.2) is 0 Å². The molecule has 0 saturated carbocycles. The molecule has 2 aromatic carbocycles. The van der Waals surface area contributed by atoms with E-state index in [2.05, 4.69) is 63.9 Å². The van der Waals surface area contributed by atoms with Crippen molar-refractivity contribution in [2.24, 2.45) is 16.1 Å². The highest BCUT2D eigenvalue weighted by Gasteiger charge is 2.29. The molecule has 0 radical (unpaired) electrons. The van der Waals surface area contributed by atoms with Gasteiger partial charge < -0.3 is 10.6 Å². The summed E-state index contributed by atoms with van der Waals surface area (Å²) in [5, 5.41) is 3.51. The number of amidine groups is 1. The third-order valence-corrected chi connectivity index (χ3v) is 6.62. The molecule has 0 saturated heterocycles. The van der Waals surface area contributed by atoms with Gasteiger partial charge in [-0.1, -0.05) is 82.3 Å². The lowest BCUT2D eigenvalue weighted by Crippen LogP contribution is -2.20. The van der Waals surface area contributed by atoms with E-state index in [1.54, 1.807) is 0 Å². The zero-order valence-electron chi connectivity index (χ0n) is 17.6. The van der Waals surface area contributed by atoms with Gasteiger partial charge in [-0.3, -0.25) is 0 Å². The Kier molecular flexibility index (Phi) is 6.19. The zero-order chi connectivity index (χ0) is 20.3. The summed E-state index contributed by atoms with van der Waals surface area (Å²) in [4.78, 5) is 8.53. The van der Waals surface area contributed by atoms with Crippen LogP contribution >= 0.6 is 11.8 Å². The molecule has 0 fully saturated rings. The van der Waals surface area contributed by atoms with E-state index in [4.69, 9.17) is 10.7 Å². The molecular weight excluding hydrogens is 362 g/mol. The largest absolute Gasteiger partial charge is 0.383 e. The molecule has 148 valence electrons. The van der Waals surface area contributed by atoms with Crippen LogP contribution in [0.15, 0.2) is 69.2 Å². The van der Waals surface area contributed by atoms with Crippen LogP contribution in [0, 0.1) is 5.41 Å².